The molecule has 1 fully saturated rings. The molecule has 3 heteroatoms. The highest BCUT2D eigenvalue weighted by molar-refractivity contribution is 5.85. The van der Waals surface area contributed by atoms with Crippen molar-refractivity contribution in [3.63, 3.8) is 0 Å². The van der Waals surface area contributed by atoms with Crippen molar-refractivity contribution in [2.24, 2.45) is 0 Å². The molecule has 1 aliphatic rings. The second-order valence-corrected chi connectivity index (χ2v) is 8.67. The van der Waals surface area contributed by atoms with Gasteiger partial charge in [0, 0.05) is 18.4 Å². The number of hydrogen-bond acceptors (Lipinski definition) is 2. The quantitative estimate of drug-likeness (QED) is 0.560. The Labute approximate surface area is 176 Å². The molecule has 0 amide bonds. The number of likely N-dealkylation sites (tertiary alicyclic amines) is 1. The number of carbonyl (C=O) groups excluding carboxylic acids is 1. The van der Waals surface area contributed by atoms with E-state index in [4.69, 9.17) is 4.74 Å². The van der Waals surface area contributed by atoms with Crippen LogP contribution in [0.25, 0.3) is 0 Å². The van der Waals surface area contributed by atoms with Crippen molar-refractivity contribution in [3.8, 4) is 5.75 Å². The highest BCUT2D eigenvalue weighted by Gasteiger charge is 2.41. The number of quaternary nitrogens is 1. The summed E-state index contributed by atoms with van der Waals surface area (Å²) < 4.78 is 6.23. The summed E-state index contributed by atoms with van der Waals surface area (Å²) in [4.78, 5) is 13.6. The Balaban J connectivity index is 1.87. The van der Waals surface area contributed by atoms with Crippen molar-refractivity contribution >= 4 is 5.78 Å². The van der Waals surface area contributed by atoms with E-state index in [0.717, 1.165) is 36.3 Å². The molecule has 0 N–H and O–H groups in total. The van der Waals surface area contributed by atoms with Gasteiger partial charge in [0.25, 0.3) is 0 Å². The lowest BCUT2D eigenvalue weighted by atomic mass is 9.91. The zero-order chi connectivity index (χ0) is 20.9. The molecule has 2 aromatic rings. The first-order valence-corrected chi connectivity index (χ1v) is 11.1. The molecule has 29 heavy (non-hydrogen) atoms. The van der Waals surface area contributed by atoms with Gasteiger partial charge in [-0.1, -0.05) is 25.1 Å². The van der Waals surface area contributed by atoms with Gasteiger partial charge < -0.3 is 9.22 Å². The number of Topliss-reactive ketones (excluding diaryl/α,β-unsaturated/α-hetero) is 1. The van der Waals surface area contributed by atoms with Gasteiger partial charge in [-0.15, -0.1) is 0 Å². The second-order valence-electron chi connectivity index (χ2n) is 8.67. The molecule has 0 saturated carbocycles. The van der Waals surface area contributed by atoms with Crippen molar-refractivity contribution < 1.29 is 14.0 Å². The maximum absolute atomic E-state index is 13.6. The lowest BCUT2D eigenvalue weighted by Crippen LogP contribution is -2.60. The summed E-state index contributed by atoms with van der Waals surface area (Å²) >= 11 is 0. The van der Waals surface area contributed by atoms with Gasteiger partial charge in [0.1, 0.15) is 18.3 Å². The normalized spacial score (nSPS) is 17.0. The number of methoxy groups -OCH3 is 1. The van der Waals surface area contributed by atoms with Crippen LogP contribution in [0.1, 0.15) is 54.9 Å². The fourth-order valence-corrected chi connectivity index (χ4v) is 5.16. The summed E-state index contributed by atoms with van der Waals surface area (Å²) in [5, 5.41) is 0. The maximum Gasteiger partial charge on any atom is 0.194 e. The van der Waals surface area contributed by atoms with Crippen LogP contribution in [-0.2, 0) is 17.8 Å². The van der Waals surface area contributed by atoms with Crippen LogP contribution in [-0.4, -0.2) is 36.5 Å². The van der Waals surface area contributed by atoms with Crippen molar-refractivity contribution in [2.75, 3.05) is 20.2 Å². The van der Waals surface area contributed by atoms with Gasteiger partial charge in [0.15, 0.2) is 5.78 Å². The minimum atomic E-state index is 0.0661. The molecular weight excluding hydrogens is 358 g/mol. The zero-order valence-corrected chi connectivity index (χ0v) is 18.5. The number of rotatable bonds is 8. The molecular formula is C26H36NO2+. The monoisotopic (exact) mass is 394 g/mol. The lowest BCUT2D eigenvalue weighted by Gasteiger charge is -2.46. The third-order valence-electron chi connectivity index (χ3n) is 6.78. The minimum Gasteiger partial charge on any atom is -0.497 e. The number of nitrogens with zero attached hydrogens (tertiary/aromatic N) is 1. The highest BCUT2D eigenvalue weighted by atomic mass is 16.5. The van der Waals surface area contributed by atoms with E-state index in [2.05, 4.69) is 51.1 Å². The number of benzene rings is 2. The summed E-state index contributed by atoms with van der Waals surface area (Å²) in [6, 6.07) is 14.8. The molecule has 0 aliphatic carbocycles. The third kappa shape index (κ3) is 4.90. The van der Waals surface area contributed by atoms with Crippen LogP contribution in [0.15, 0.2) is 42.5 Å². The molecule has 1 unspecified atom stereocenters. The Morgan fingerprint density at radius 1 is 1.00 bits per heavy atom. The zero-order valence-electron chi connectivity index (χ0n) is 18.5. The first-order chi connectivity index (χ1) is 14.0. The fraction of sp³-hybridized carbons (Fsp3) is 0.500. The lowest BCUT2D eigenvalue weighted by molar-refractivity contribution is -0.959. The third-order valence-corrected chi connectivity index (χ3v) is 6.78. The smallest absolute Gasteiger partial charge is 0.194 e. The van der Waals surface area contributed by atoms with E-state index in [9.17, 15) is 4.79 Å². The first-order valence-electron chi connectivity index (χ1n) is 11.1. The SMILES string of the molecule is CCC(C(=O)Cc1c(C)cccc1C)[N+]1(Cc2ccc(OC)cc2)CCCCC1. The number of ketones is 1. The Morgan fingerprint density at radius 2 is 1.62 bits per heavy atom. The van der Waals surface area contributed by atoms with Crippen molar-refractivity contribution in [3.05, 3.63) is 64.7 Å². The van der Waals surface area contributed by atoms with Gasteiger partial charge in [-0.05, 0) is 74.1 Å². The molecule has 1 atom stereocenters. The molecule has 0 spiro atoms. The molecule has 1 heterocycles. The molecule has 1 aliphatic heterocycles. The number of hydrogen-bond donors (Lipinski definition) is 0. The molecule has 156 valence electrons. The van der Waals surface area contributed by atoms with Gasteiger partial charge in [0.05, 0.1) is 20.2 Å². The summed E-state index contributed by atoms with van der Waals surface area (Å²) in [6.07, 6.45) is 5.16. The topological polar surface area (TPSA) is 26.3 Å². The Kier molecular flexibility index (Phi) is 7.13. The number of aryl methyl sites for hydroxylation is 2. The van der Waals surface area contributed by atoms with E-state index in [0.29, 0.717) is 12.2 Å². The van der Waals surface area contributed by atoms with Gasteiger partial charge in [-0.2, -0.15) is 0 Å². The number of ether oxygens (including phenoxy) is 1. The molecule has 3 nitrogen and oxygen atoms in total. The Morgan fingerprint density at radius 3 is 2.17 bits per heavy atom. The summed E-state index contributed by atoms with van der Waals surface area (Å²) in [5.74, 6) is 1.29. The van der Waals surface area contributed by atoms with Gasteiger partial charge >= 0.3 is 0 Å². The van der Waals surface area contributed by atoms with E-state index in [1.54, 1.807) is 7.11 Å². The average Bonchev–Trinajstić information content (AvgIpc) is 2.72. The largest absolute Gasteiger partial charge is 0.497 e. The molecule has 3 rings (SSSR count). The van der Waals surface area contributed by atoms with E-state index in [-0.39, 0.29) is 6.04 Å². The van der Waals surface area contributed by atoms with Gasteiger partial charge in [0.2, 0.25) is 0 Å². The van der Waals surface area contributed by atoms with E-state index >= 15 is 0 Å². The van der Waals surface area contributed by atoms with Crippen LogP contribution in [0.2, 0.25) is 0 Å². The molecule has 0 radical (unpaired) electrons. The summed E-state index contributed by atoms with van der Waals surface area (Å²) in [6.45, 7) is 9.57. The molecule has 0 bridgehead atoms. The Hall–Kier alpha value is -2.13. The van der Waals surface area contributed by atoms with Crippen molar-refractivity contribution in [1.82, 2.24) is 0 Å². The van der Waals surface area contributed by atoms with Crippen LogP contribution in [0.5, 0.6) is 5.75 Å². The van der Waals surface area contributed by atoms with Crippen LogP contribution < -0.4 is 4.74 Å². The molecule has 0 aromatic heterocycles. The Bertz CT molecular complexity index is 799. The standard InChI is InChI=1S/C26H36NO2/c1-5-25(26(28)18-24-20(2)10-9-11-21(24)3)27(16-7-6-8-17-27)19-22-12-14-23(29-4)15-13-22/h9-15,25H,5-8,16-19H2,1-4H3/q+1. The van der Waals surface area contributed by atoms with Crippen LogP contribution in [0.3, 0.4) is 0 Å². The van der Waals surface area contributed by atoms with Gasteiger partial charge in [-0.3, -0.25) is 4.79 Å². The van der Waals surface area contributed by atoms with Crippen molar-refractivity contribution in [2.45, 2.75) is 65.5 Å². The van der Waals surface area contributed by atoms with Crippen LogP contribution in [0.4, 0.5) is 0 Å². The first kappa shape index (κ1) is 21.6. The summed E-state index contributed by atoms with van der Waals surface area (Å²) in [7, 11) is 1.70. The second kappa shape index (κ2) is 9.58. The predicted octanol–water partition coefficient (Wildman–Crippen LogP) is 5.40. The highest BCUT2D eigenvalue weighted by Crippen LogP contribution is 2.30. The minimum absolute atomic E-state index is 0.0661. The fourth-order valence-electron chi connectivity index (χ4n) is 5.16. The average molecular weight is 395 g/mol. The van der Waals surface area contributed by atoms with E-state index < -0.39 is 0 Å². The van der Waals surface area contributed by atoms with Crippen molar-refractivity contribution in [1.29, 1.82) is 0 Å². The molecule has 1 saturated heterocycles. The van der Waals surface area contributed by atoms with Crippen LogP contribution in [0, 0.1) is 13.8 Å². The predicted molar refractivity (Wildman–Crippen MR) is 119 cm³/mol. The summed E-state index contributed by atoms with van der Waals surface area (Å²) in [5.41, 5.74) is 4.98. The van der Waals surface area contributed by atoms with E-state index in [1.165, 1.54) is 41.5 Å². The number of carbonyl (C=O) groups is 1. The molecule has 2 aromatic carbocycles. The maximum atomic E-state index is 13.6. The van der Waals surface area contributed by atoms with Gasteiger partial charge in [-0.25, -0.2) is 0 Å². The van der Waals surface area contributed by atoms with E-state index in [1.807, 2.05) is 12.1 Å². The van der Waals surface area contributed by atoms with Crippen LogP contribution >= 0.6 is 0 Å². The number of piperidine rings is 1.